The number of anilines is 1. The van der Waals surface area contributed by atoms with Crippen LogP contribution in [0.15, 0.2) is 90.5 Å². The van der Waals surface area contributed by atoms with Crippen molar-refractivity contribution < 1.29 is 23.9 Å². The zero-order valence-electron chi connectivity index (χ0n) is 23.5. The SMILES string of the molecule is CCOc1cc(/C=C(\C#N)C(=O)Nc2ccc(OCc3ccc(C)cc3)cc2)cc(Cl)c1OCc1cccc([N+](=O)[O-])c1. The quantitative estimate of drug-likeness (QED) is 0.0769. The molecule has 4 aromatic carbocycles. The van der Waals surface area contributed by atoms with Gasteiger partial charge in [-0.15, -0.1) is 0 Å². The van der Waals surface area contributed by atoms with Gasteiger partial charge in [-0.3, -0.25) is 14.9 Å². The molecule has 10 heteroatoms. The van der Waals surface area contributed by atoms with E-state index >= 15 is 0 Å². The third-order valence-electron chi connectivity index (χ3n) is 6.15. The topological polar surface area (TPSA) is 124 Å². The Bertz CT molecular complexity index is 1680. The predicted octanol–water partition coefficient (Wildman–Crippen LogP) is 7.66. The van der Waals surface area contributed by atoms with Crippen molar-refractivity contribution in [3.8, 4) is 23.3 Å². The fourth-order valence-corrected chi connectivity index (χ4v) is 4.26. The Hall–Kier alpha value is -5.33. The molecule has 0 spiro atoms. The standard InChI is InChI=1S/C33H28ClN3O6/c1-3-41-31-18-25(17-30(34)32(31)43-21-24-5-4-6-28(16-24)37(39)40)15-26(19-35)33(38)36-27-11-13-29(14-12-27)42-20-23-9-7-22(2)8-10-23/h4-18H,3,20-21H2,1-2H3,(H,36,38)/b26-15+. The van der Waals surface area contributed by atoms with E-state index in [1.807, 2.05) is 37.3 Å². The van der Waals surface area contributed by atoms with Gasteiger partial charge < -0.3 is 19.5 Å². The number of halogens is 1. The molecule has 0 aliphatic rings. The van der Waals surface area contributed by atoms with E-state index in [0.717, 1.165) is 5.56 Å². The zero-order valence-corrected chi connectivity index (χ0v) is 24.3. The number of nitro groups is 1. The number of carbonyl (C=O) groups is 1. The van der Waals surface area contributed by atoms with Gasteiger partial charge in [0.1, 0.15) is 30.6 Å². The van der Waals surface area contributed by atoms with Crippen molar-refractivity contribution in [2.24, 2.45) is 0 Å². The molecule has 0 radical (unpaired) electrons. The van der Waals surface area contributed by atoms with E-state index in [-0.39, 0.29) is 28.6 Å². The van der Waals surface area contributed by atoms with Crippen molar-refractivity contribution in [1.82, 2.24) is 0 Å². The molecule has 0 aliphatic heterocycles. The van der Waals surface area contributed by atoms with E-state index in [9.17, 15) is 20.2 Å². The number of hydrogen-bond donors (Lipinski definition) is 1. The second-order valence-electron chi connectivity index (χ2n) is 9.40. The van der Waals surface area contributed by atoms with Crippen LogP contribution in [0.25, 0.3) is 6.08 Å². The van der Waals surface area contributed by atoms with Crippen molar-refractivity contribution >= 4 is 35.0 Å². The normalized spacial score (nSPS) is 10.9. The van der Waals surface area contributed by atoms with Crippen LogP contribution < -0.4 is 19.5 Å². The maximum Gasteiger partial charge on any atom is 0.269 e. The van der Waals surface area contributed by atoms with Crippen molar-refractivity contribution in [2.45, 2.75) is 27.1 Å². The molecule has 43 heavy (non-hydrogen) atoms. The second-order valence-corrected chi connectivity index (χ2v) is 9.81. The number of carbonyl (C=O) groups excluding carboxylic acids is 1. The van der Waals surface area contributed by atoms with Gasteiger partial charge >= 0.3 is 0 Å². The predicted molar refractivity (Wildman–Crippen MR) is 164 cm³/mol. The lowest BCUT2D eigenvalue weighted by atomic mass is 10.1. The maximum absolute atomic E-state index is 12.9. The van der Waals surface area contributed by atoms with Crippen LogP contribution >= 0.6 is 11.6 Å². The molecule has 0 saturated carbocycles. The molecule has 4 aromatic rings. The van der Waals surface area contributed by atoms with Gasteiger partial charge in [0.05, 0.1) is 16.6 Å². The highest BCUT2D eigenvalue weighted by atomic mass is 35.5. The number of nitrogens with zero attached hydrogens (tertiary/aromatic N) is 2. The highest BCUT2D eigenvalue weighted by Gasteiger charge is 2.16. The number of ether oxygens (including phenoxy) is 3. The van der Waals surface area contributed by atoms with E-state index in [1.54, 1.807) is 49.4 Å². The van der Waals surface area contributed by atoms with Crippen LogP contribution in [0.2, 0.25) is 5.02 Å². The number of nitriles is 1. The molecule has 0 aliphatic carbocycles. The van der Waals surface area contributed by atoms with E-state index in [1.165, 1.54) is 29.8 Å². The van der Waals surface area contributed by atoms with Crippen LogP contribution in [-0.4, -0.2) is 17.4 Å². The number of benzene rings is 4. The first kappa shape index (κ1) is 30.6. The highest BCUT2D eigenvalue weighted by Crippen LogP contribution is 2.38. The zero-order chi connectivity index (χ0) is 30.8. The maximum atomic E-state index is 12.9. The van der Waals surface area contributed by atoms with Crippen LogP contribution in [0.1, 0.15) is 29.2 Å². The lowest BCUT2D eigenvalue weighted by Gasteiger charge is -2.15. The molecular weight excluding hydrogens is 570 g/mol. The molecule has 1 N–H and O–H groups in total. The Balaban J connectivity index is 1.44. The Morgan fingerprint density at radius 2 is 1.70 bits per heavy atom. The lowest BCUT2D eigenvalue weighted by Crippen LogP contribution is -2.13. The van der Waals surface area contributed by atoms with Gasteiger partial charge in [0.15, 0.2) is 11.5 Å². The molecule has 0 atom stereocenters. The van der Waals surface area contributed by atoms with Gasteiger partial charge in [-0.2, -0.15) is 5.26 Å². The Morgan fingerprint density at radius 3 is 2.37 bits per heavy atom. The van der Waals surface area contributed by atoms with Crippen LogP contribution in [-0.2, 0) is 18.0 Å². The molecular formula is C33H28ClN3O6. The molecule has 0 fully saturated rings. The smallest absolute Gasteiger partial charge is 0.269 e. The second kappa shape index (κ2) is 14.5. The summed E-state index contributed by atoms with van der Waals surface area (Å²) in [7, 11) is 0. The Morgan fingerprint density at radius 1 is 0.977 bits per heavy atom. The van der Waals surface area contributed by atoms with Gasteiger partial charge in [0.2, 0.25) is 0 Å². The average Bonchev–Trinajstić information content (AvgIpc) is 3.00. The summed E-state index contributed by atoms with van der Waals surface area (Å²) < 4.78 is 17.4. The van der Waals surface area contributed by atoms with Crippen molar-refractivity contribution in [3.05, 3.63) is 128 Å². The number of nitrogens with one attached hydrogen (secondary N) is 1. The summed E-state index contributed by atoms with van der Waals surface area (Å²) in [6.07, 6.45) is 1.40. The number of hydrogen-bond acceptors (Lipinski definition) is 7. The van der Waals surface area contributed by atoms with Gasteiger partial charge in [-0.1, -0.05) is 53.6 Å². The van der Waals surface area contributed by atoms with E-state index in [0.29, 0.717) is 41.5 Å². The van der Waals surface area contributed by atoms with Gasteiger partial charge in [0.25, 0.3) is 11.6 Å². The molecule has 0 heterocycles. The summed E-state index contributed by atoms with van der Waals surface area (Å²) in [5.41, 5.74) is 3.53. The lowest BCUT2D eigenvalue weighted by molar-refractivity contribution is -0.384. The minimum atomic E-state index is -0.601. The fourth-order valence-electron chi connectivity index (χ4n) is 3.99. The number of rotatable bonds is 12. The minimum absolute atomic E-state index is 0.0122. The Kier molecular flexibility index (Phi) is 10.3. The van der Waals surface area contributed by atoms with E-state index in [4.69, 9.17) is 25.8 Å². The third kappa shape index (κ3) is 8.58. The van der Waals surface area contributed by atoms with Gasteiger partial charge in [-0.25, -0.2) is 0 Å². The number of non-ortho nitro benzene ring substituents is 1. The van der Waals surface area contributed by atoms with E-state index < -0.39 is 10.8 Å². The van der Waals surface area contributed by atoms with Crippen LogP contribution in [0.5, 0.6) is 17.2 Å². The molecule has 4 rings (SSSR count). The van der Waals surface area contributed by atoms with Crippen molar-refractivity contribution in [2.75, 3.05) is 11.9 Å². The van der Waals surface area contributed by atoms with Crippen LogP contribution in [0, 0.1) is 28.4 Å². The van der Waals surface area contributed by atoms with Gasteiger partial charge in [-0.05, 0) is 73.0 Å². The monoisotopic (exact) mass is 597 g/mol. The summed E-state index contributed by atoms with van der Waals surface area (Å²) in [4.78, 5) is 23.5. The van der Waals surface area contributed by atoms with Crippen LogP contribution in [0.3, 0.4) is 0 Å². The fraction of sp³-hybridized carbons (Fsp3) is 0.152. The van der Waals surface area contributed by atoms with Crippen molar-refractivity contribution in [1.29, 1.82) is 5.26 Å². The Labute approximate surface area is 254 Å². The summed E-state index contributed by atoms with van der Waals surface area (Å²) in [5, 5.41) is 23.7. The molecule has 218 valence electrons. The van der Waals surface area contributed by atoms with E-state index in [2.05, 4.69) is 5.32 Å². The van der Waals surface area contributed by atoms with Gasteiger partial charge in [0, 0.05) is 17.8 Å². The highest BCUT2D eigenvalue weighted by molar-refractivity contribution is 6.32. The first-order valence-corrected chi connectivity index (χ1v) is 13.7. The molecule has 9 nitrogen and oxygen atoms in total. The summed E-state index contributed by atoms with van der Waals surface area (Å²) in [6, 6.07) is 26.0. The largest absolute Gasteiger partial charge is 0.490 e. The molecule has 0 aromatic heterocycles. The van der Waals surface area contributed by atoms with Crippen molar-refractivity contribution in [3.63, 3.8) is 0 Å². The molecule has 0 bridgehead atoms. The first-order chi connectivity index (χ1) is 20.7. The molecule has 0 unspecified atom stereocenters. The number of nitro benzene ring substituents is 1. The third-order valence-corrected chi connectivity index (χ3v) is 6.43. The average molecular weight is 598 g/mol. The number of amides is 1. The summed E-state index contributed by atoms with van der Waals surface area (Å²) in [5.74, 6) is 0.571. The minimum Gasteiger partial charge on any atom is -0.490 e. The molecule has 1 amide bonds. The summed E-state index contributed by atoms with van der Waals surface area (Å²) in [6.45, 7) is 4.54. The first-order valence-electron chi connectivity index (χ1n) is 13.3. The molecule has 0 saturated heterocycles. The van der Waals surface area contributed by atoms with Crippen LogP contribution in [0.4, 0.5) is 11.4 Å². The summed E-state index contributed by atoms with van der Waals surface area (Å²) >= 11 is 6.50. The number of aryl methyl sites for hydroxylation is 1.